The van der Waals surface area contributed by atoms with Crippen LogP contribution < -0.4 is 9.64 Å². The van der Waals surface area contributed by atoms with Gasteiger partial charge in [0, 0.05) is 36.4 Å². The Kier molecular flexibility index (Phi) is 5.80. The lowest BCUT2D eigenvalue weighted by Crippen LogP contribution is -2.25. The third-order valence-corrected chi connectivity index (χ3v) is 6.65. The van der Waals surface area contributed by atoms with Crippen molar-refractivity contribution in [2.24, 2.45) is 0 Å². The van der Waals surface area contributed by atoms with Crippen LogP contribution >= 0.6 is 0 Å². The van der Waals surface area contributed by atoms with Crippen LogP contribution in [0.15, 0.2) is 60.9 Å². The van der Waals surface area contributed by atoms with E-state index in [-0.39, 0.29) is 5.97 Å². The fourth-order valence-electron chi connectivity index (χ4n) is 4.99. The van der Waals surface area contributed by atoms with E-state index in [1.165, 1.54) is 29.6 Å². The maximum absolute atomic E-state index is 12.1. The molecular formula is C27H28N2O3. The van der Waals surface area contributed by atoms with Gasteiger partial charge < -0.3 is 14.4 Å². The number of carbonyl (C=O) groups excluding carboxylic acids is 1. The van der Waals surface area contributed by atoms with E-state index < -0.39 is 0 Å². The molecule has 3 heterocycles. The van der Waals surface area contributed by atoms with Crippen LogP contribution in [-0.4, -0.2) is 31.2 Å². The summed E-state index contributed by atoms with van der Waals surface area (Å²) >= 11 is 0. The zero-order chi connectivity index (χ0) is 21.9. The van der Waals surface area contributed by atoms with Crippen LogP contribution in [0.3, 0.4) is 0 Å². The van der Waals surface area contributed by atoms with Crippen molar-refractivity contribution >= 4 is 17.3 Å². The molecule has 0 saturated heterocycles. The second-order valence-corrected chi connectivity index (χ2v) is 8.50. The number of aryl methyl sites for hydroxylation is 2. The predicted molar refractivity (Wildman–Crippen MR) is 125 cm³/mol. The summed E-state index contributed by atoms with van der Waals surface area (Å²) in [4.78, 5) is 18.7. The number of nitrogens with zero attached hydrogens (tertiary/aromatic N) is 2. The van der Waals surface area contributed by atoms with Crippen LogP contribution in [0.5, 0.6) is 5.75 Å². The van der Waals surface area contributed by atoms with Crippen molar-refractivity contribution in [1.29, 1.82) is 0 Å². The van der Waals surface area contributed by atoms with Gasteiger partial charge in [-0.15, -0.1) is 0 Å². The predicted octanol–water partition coefficient (Wildman–Crippen LogP) is 5.45. The lowest BCUT2D eigenvalue weighted by atomic mass is 9.87. The van der Waals surface area contributed by atoms with Gasteiger partial charge in [0.25, 0.3) is 0 Å². The topological polar surface area (TPSA) is 51.7 Å². The number of anilines is 2. The highest BCUT2D eigenvalue weighted by molar-refractivity contribution is 5.90. The van der Waals surface area contributed by atoms with Gasteiger partial charge >= 0.3 is 5.97 Å². The fraction of sp³-hybridized carbons (Fsp3) is 0.333. The van der Waals surface area contributed by atoms with Crippen LogP contribution in [-0.2, 0) is 17.6 Å². The molecule has 0 saturated carbocycles. The number of aromatic nitrogens is 1. The molecule has 0 amide bonds. The van der Waals surface area contributed by atoms with Gasteiger partial charge in [0.2, 0.25) is 0 Å². The van der Waals surface area contributed by atoms with Gasteiger partial charge in [-0.05, 0) is 72.9 Å². The van der Waals surface area contributed by atoms with E-state index in [1.54, 1.807) is 18.5 Å². The van der Waals surface area contributed by atoms with Crippen LogP contribution in [0, 0.1) is 0 Å². The molecule has 2 aromatic carbocycles. The molecule has 5 rings (SSSR count). The van der Waals surface area contributed by atoms with E-state index in [0.717, 1.165) is 50.0 Å². The van der Waals surface area contributed by atoms with Gasteiger partial charge in [0.15, 0.2) is 0 Å². The first-order valence-corrected chi connectivity index (χ1v) is 11.4. The first-order valence-electron chi connectivity index (χ1n) is 11.4. The molecular weight excluding hydrogens is 400 g/mol. The Labute approximate surface area is 189 Å². The number of methoxy groups -OCH3 is 1. The number of fused-ring (bicyclic) bond motifs is 2. The monoisotopic (exact) mass is 428 g/mol. The number of para-hydroxylation sites is 1. The van der Waals surface area contributed by atoms with E-state index in [1.807, 2.05) is 0 Å². The number of hydrogen-bond donors (Lipinski definition) is 0. The van der Waals surface area contributed by atoms with Crippen molar-refractivity contribution in [1.82, 2.24) is 4.98 Å². The summed E-state index contributed by atoms with van der Waals surface area (Å²) in [6.45, 7) is 1.74. The summed E-state index contributed by atoms with van der Waals surface area (Å²) in [6, 6.07) is 17.1. The van der Waals surface area contributed by atoms with E-state index in [2.05, 4.69) is 52.3 Å². The average Bonchev–Trinajstić information content (AvgIpc) is 2.86. The maximum Gasteiger partial charge on any atom is 0.338 e. The Morgan fingerprint density at radius 3 is 3.03 bits per heavy atom. The summed E-state index contributed by atoms with van der Waals surface area (Å²) in [6.07, 6.45) is 8.42. The van der Waals surface area contributed by atoms with Crippen LogP contribution in [0.2, 0.25) is 0 Å². The zero-order valence-electron chi connectivity index (χ0n) is 18.4. The van der Waals surface area contributed by atoms with E-state index in [0.29, 0.717) is 18.1 Å². The quantitative estimate of drug-likeness (QED) is 0.506. The molecule has 3 aromatic rings. The summed E-state index contributed by atoms with van der Waals surface area (Å²) in [5.41, 5.74) is 6.71. The SMILES string of the molecule is COC(=O)c1ccncc1CCC1CCOc2cc(N3CCCc4ccccc43)ccc21. The highest BCUT2D eigenvalue weighted by Gasteiger charge is 2.25. The molecule has 5 nitrogen and oxygen atoms in total. The minimum atomic E-state index is -0.304. The first kappa shape index (κ1) is 20.6. The molecule has 0 radical (unpaired) electrons. The number of pyridine rings is 1. The van der Waals surface area contributed by atoms with Gasteiger partial charge in [-0.3, -0.25) is 4.98 Å². The molecule has 0 aliphatic carbocycles. The van der Waals surface area contributed by atoms with E-state index >= 15 is 0 Å². The molecule has 1 unspecified atom stereocenters. The summed E-state index contributed by atoms with van der Waals surface area (Å²) in [7, 11) is 1.42. The van der Waals surface area contributed by atoms with Crippen molar-refractivity contribution in [3.05, 3.63) is 83.2 Å². The van der Waals surface area contributed by atoms with E-state index in [4.69, 9.17) is 9.47 Å². The molecule has 0 bridgehead atoms. The third-order valence-electron chi connectivity index (χ3n) is 6.65. The van der Waals surface area contributed by atoms with Crippen molar-refractivity contribution in [3.63, 3.8) is 0 Å². The zero-order valence-corrected chi connectivity index (χ0v) is 18.4. The van der Waals surface area contributed by atoms with Crippen LogP contribution in [0.1, 0.15) is 52.2 Å². The van der Waals surface area contributed by atoms with Gasteiger partial charge in [0.05, 0.1) is 19.3 Å². The largest absolute Gasteiger partial charge is 0.493 e. The normalized spacial score (nSPS) is 17.2. The summed E-state index contributed by atoms with van der Waals surface area (Å²) < 4.78 is 11.0. The molecule has 0 spiro atoms. The average molecular weight is 429 g/mol. The molecule has 2 aliphatic rings. The van der Waals surface area contributed by atoms with Gasteiger partial charge in [-0.1, -0.05) is 24.3 Å². The number of hydrogen-bond acceptors (Lipinski definition) is 5. The van der Waals surface area contributed by atoms with Crippen molar-refractivity contribution in [2.75, 3.05) is 25.2 Å². The molecule has 2 aliphatic heterocycles. The van der Waals surface area contributed by atoms with Crippen molar-refractivity contribution < 1.29 is 14.3 Å². The molecule has 0 N–H and O–H groups in total. The van der Waals surface area contributed by atoms with Crippen molar-refractivity contribution in [2.45, 2.75) is 38.0 Å². The molecule has 5 heteroatoms. The Hall–Kier alpha value is -3.34. The molecule has 1 aromatic heterocycles. The van der Waals surface area contributed by atoms with Crippen LogP contribution in [0.25, 0.3) is 0 Å². The fourth-order valence-corrected chi connectivity index (χ4v) is 4.99. The number of benzene rings is 2. The lowest BCUT2D eigenvalue weighted by Gasteiger charge is -2.33. The Balaban J connectivity index is 1.36. The number of esters is 1. The second-order valence-electron chi connectivity index (χ2n) is 8.50. The molecule has 1 atom stereocenters. The smallest absolute Gasteiger partial charge is 0.338 e. The molecule has 32 heavy (non-hydrogen) atoms. The Bertz CT molecular complexity index is 1130. The van der Waals surface area contributed by atoms with E-state index in [9.17, 15) is 4.79 Å². The third kappa shape index (κ3) is 3.95. The Morgan fingerprint density at radius 2 is 2.12 bits per heavy atom. The highest BCUT2D eigenvalue weighted by atomic mass is 16.5. The van der Waals surface area contributed by atoms with Gasteiger partial charge in [0.1, 0.15) is 5.75 Å². The first-order chi connectivity index (χ1) is 15.7. The summed E-state index contributed by atoms with van der Waals surface area (Å²) in [5, 5.41) is 0. The van der Waals surface area contributed by atoms with Gasteiger partial charge in [-0.2, -0.15) is 0 Å². The minimum absolute atomic E-state index is 0.304. The van der Waals surface area contributed by atoms with Crippen molar-refractivity contribution in [3.8, 4) is 5.75 Å². The second kappa shape index (κ2) is 9.03. The minimum Gasteiger partial charge on any atom is -0.493 e. The number of rotatable bonds is 5. The maximum atomic E-state index is 12.1. The molecule has 0 fully saturated rings. The summed E-state index contributed by atoms with van der Waals surface area (Å²) in [5.74, 6) is 1.08. The van der Waals surface area contributed by atoms with Crippen LogP contribution in [0.4, 0.5) is 11.4 Å². The van der Waals surface area contributed by atoms with Gasteiger partial charge in [-0.25, -0.2) is 4.79 Å². The highest BCUT2D eigenvalue weighted by Crippen LogP contribution is 2.41. The lowest BCUT2D eigenvalue weighted by molar-refractivity contribution is 0.0599. The standard InChI is InChI=1S/C27H28N2O3/c1-31-27(30)24-12-14-28-18-21(24)9-8-19-13-16-32-26-17-22(10-11-23(19)26)29-15-4-6-20-5-2-3-7-25(20)29/h2-3,5,7,10-12,14,17-19H,4,6,8-9,13,15-16H2,1H3. The Morgan fingerprint density at radius 1 is 1.22 bits per heavy atom. The molecule has 164 valence electrons. The number of carbonyl (C=O) groups is 1. The number of ether oxygens (including phenoxy) is 2.